The van der Waals surface area contributed by atoms with Gasteiger partial charge in [-0.05, 0) is 32.1 Å². The largest absolute Gasteiger partial charge is 0.395 e. The molecule has 0 aromatic rings. The number of nitrogens with zero attached hydrogens (tertiary/aromatic N) is 1. The zero-order chi connectivity index (χ0) is 13.7. The van der Waals surface area contributed by atoms with Crippen LogP contribution in [0.15, 0.2) is 0 Å². The molecule has 0 bridgehead atoms. The standard InChI is InChI=1S/C15H28N2O2/c16-12-15(8-3-1-2-4-9-15)14(19)17(10-11-18)13-6-5-7-13/h13,18H,1-12,16H2. The van der Waals surface area contributed by atoms with Gasteiger partial charge in [0.15, 0.2) is 0 Å². The molecule has 2 aliphatic carbocycles. The third kappa shape index (κ3) is 3.11. The summed E-state index contributed by atoms with van der Waals surface area (Å²) in [6, 6.07) is 0.353. The molecule has 4 nitrogen and oxygen atoms in total. The molecule has 4 heteroatoms. The summed E-state index contributed by atoms with van der Waals surface area (Å²) < 4.78 is 0. The molecular weight excluding hydrogens is 240 g/mol. The number of aliphatic hydroxyl groups is 1. The summed E-state index contributed by atoms with van der Waals surface area (Å²) in [6.07, 6.45) is 9.90. The minimum atomic E-state index is -0.346. The zero-order valence-electron chi connectivity index (χ0n) is 11.9. The van der Waals surface area contributed by atoms with Gasteiger partial charge < -0.3 is 15.7 Å². The number of nitrogens with two attached hydrogens (primary N) is 1. The summed E-state index contributed by atoms with van der Waals surface area (Å²) in [7, 11) is 0. The highest BCUT2D eigenvalue weighted by Gasteiger charge is 2.42. The maximum absolute atomic E-state index is 13.0. The van der Waals surface area contributed by atoms with Crippen LogP contribution in [0.5, 0.6) is 0 Å². The molecule has 0 aromatic carbocycles. The van der Waals surface area contributed by atoms with Crippen LogP contribution < -0.4 is 5.73 Å². The van der Waals surface area contributed by atoms with E-state index in [4.69, 9.17) is 5.73 Å². The summed E-state index contributed by atoms with van der Waals surface area (Å²) in [5.41, 5.74) is 5.65. The molecule has 110 valence electrons. The Kier molecular flexibility index (Phi) is 5.22. The van der Waals surface area contributed by atoms with Crippen molar-refractivity contribution in [2.24, 2.45) is 11.1 Å². The summed E-state index contributed by atoms with van der Waals surface area (Å²) in [5.74, 6) is 0.218. The predicted molar refractivity (Wildman–Crippen MR) is 75.6 cm³/mol. The van der Waals surface area contributed by atoms with Gasteiger partial charge in [0, 0.05) is 19.1 Å². The second-order valence-electron chi connectivity index (χ2n) is 6.21. The fraction of sp³-hybridized carbons (Fsp3) is 0.933. The Morgan fingerprint density at radius 3 is 2.21 bits per heavy atom. The van der Waals surface area contributed by atoms with Crippen LogP contribution in [-0.2, 0) is 4.79 Å². The second kappa shape index (κ2) is 6.71. The van der Waals surface area contributed by atoms with Gasteiger partial charge in [-0.15, -0.1) is 0 Å². The van der Waals surface area contributed by atoms with Gasteiger partial charge in [-0.1, -0.05) is 25.7 Å². The van der Waals surface area contributed by atoms with Crippen LogP contribution in [-0.4, -0.2) is 41.7 Å². The Morgan fingerprint density at radius 2 is 1.79 bits per heavy atom. The molecule has 2 fully saturated rings. The Morgan fingerprint density at radius 1 is 1.16 bits per heavy atom. The number of hydrogen-bond acceptors (Lipinski definition) is 3. The number of carbonyl (C=O) groups is 1. The van der Waals surface area contributed by atoms with Gasteiger partial charge in [0.2, 0.25) is 5.91 Å². The SMILES string of the molecule is NCC1(C(=O)N(CCO)C2CCC2)CCCCCC1. The van der Waals surface area contributed by atoms with Crippen LogP contribution in [0.4, 0.5) is 0 Å². The highest BCUT2D eigenvalue weighted by Crippen LogP contribution is 2.38. The Balaban J connectivity index is 2.11. The number of hydrogen-bond donors (Lipinski definition) is 2. The van der Waals surface area contributed by atoms with E-state index in [0.29, 0.717) is 19.1 Å². The highest BCUT2D eigenvalue weighted by molar-refractivity contribution is 5.83. The zero-order valence-corrected chi connectivity index (χ0v) is 11.9. The molecule has 19 heavy (non-hydrogen) atoms. The maximum Gasteiger partial charge on any atom is 0.230 e. The first-order valence-electron chi connectivity index (χ1n) is 7.85. The first kappa shape index (κ1) is 14.8. The molecule has 0 atom stereocenters. The van der Waals surface area contributed by atoms with Crippen LogP contribution in [0.2, 0.25) is 0 Å². The second-order valence-corrected chi connectivity index (χ2v) is 6.21. The molecule has 0 radical (unpaired) electrons. The van der Waals surface area contributed by atoms with Gasteiger partial charge in [0.05, 0.1) is 12.0 Å². The fourth-order valence-electron chi connectivity index (χ4n) is 3.47. The molecule has 0 spiro atoms. The van der Waals surface area contributed by atoms with Crippen LogP contribution in [0.25, 0.3) is 0 Å². The lowest BCUT2D eigenvalue weighted by molar-refractivity contribution is -0.147. The summed E-state index contributed by atoms with van der Waals surface area (Å²) in [4.78, 5) is 14.9. The van der Waals surface area contributed by atoms with E-state index in [-0.39, 0.29) is 17.9 Å². The van der Waals surface area contributed by atoms with Gasteiger partial charge >= 0.3 is 0 Å². The molecule has 2 aliphatic rings. The van der Waals surface area contributed by atoms with Crippen LogP contribution in [0, 0.1) is 5.41 Å². The average Bonchev–Trinajstić information content (AvgIpc) is 2.61. The lowest BCUT2D eigenvalue weighted by atomic mass is 9.77. The number of carbonyl (C=O) groups excluding carboxylic acids is 1. The highest BCUT2D eigenvalue weighted by atomic mass is 16.3. The van der Waals surface area contributed by atoms with Gasteiger partial charge in [0.25, 0.3) is 0 Å². The maximum atomic E-state index is 13.0. The quantitative estimate of drug-likeness (QED) is 0.745. The van der Waals surface area contributed by atoms with Crippen molar-refractivity contribution in [1.82, 2.24) is 4.90 Å². The molecule has 2 rings (SSSR count). The third-order valence-electron chi connectivity index (χ3n) is 5.02. The number of aliphatic hydroxyl groups excluding tert-OH is 1. The van der Waals surface area contributed by atoms with E-state index in [9.17, 15) is 9.90 Å². The summed E-state index contributed by atoms with van der Waals surface area (Å²) >= 11 is 0. The molecule has 0 heterocycles. The van der Waals surface area contributed by atoms with E-state index >= 15 is 0 Å². The van der Waals surface area contributed by atoms with Crippen molar-refractivity contribution in [1.29, 1.82) is 0 Å². The fourth-order valence-corrected chi connectivity index (χ4v) is 3.47. The topological polar surface area (TPSA) is 66.6 Å². The Labute approximate surface area is 116 Å². The minimum Gasteiger partial charge on any atom is -0.395 e. The first-order valence-corrected chi connectivity index (χ1v) is 7.85. The molecule has 0 aliphatic heterocycles. The predicted octanol–water partition coefficient (Wildman–Crippen LogP) is 1.66. The molecule has 3 N–H and O–H groups in total. The van der Waals surface area contributed by atoms with Crippen molar-refractivity contribution in [3.8, 4) is 0 Å². The minimum absolute atomic E-state index is 0.0584. The van der Waals surface area contributed by atoms with Crippen molar-refractivity contribution in [3.05, 3.63) is 0 Å². The van der Waals surface area contributed by atoms with Gasteiger partial charge in [0.1, 0.15) is 0 Å². The number of amides is 1. The monoisotopic (exact) mass is 268 g/mol. The van der Waals surface area contributed by atoms with Crippen LogP contribution in [0.3, 0.4) is 0 Å². The van der Waals surface area contributed by atoms with Crippen molar-refractivity contribution < 1.29 is 9.90 Å². The molecule has 2 saturated carbocycles. The van der Waals surface area contributed by atoms with E-state index in [1.165, 1.54) is 19.3 Å². The third-order valence-corrected chi connectivity index (χ3v) is 5.02. The summed E-state index contributed by atoms with van der Waals surface area (Å²) in [5, 5.41) is 9.24. The van der Waals surface area contributed by atoms with Gasteiger partial charge in [-0.3, -0.25) is 4.79 Å². The van der Waals surface area contributed by atoms with E-state index < -0.39 is 0 Å². The normalized spacial score (nSPS) is 23.5. The van der Waals surface area contributed by atoms with Crippen molar-refractivity contribution in [2.75, 3.05) is 19.7 Å². The molecule has 0 saturated heterocycles. The lowest BCUT2D eigenvalue weighted by Crippen LogP contribution is -2.54. The van der Waals surface area contributed by atoms with Crippen molar-refractivity contribution in [3.63, 3.8) is 0 Å². The molecule has 0 aromatic heterocycles. The lowest BCUT2D eigenvalue weighted by Gasteiger charge is -2.43. The van der Waals surface area contributed by atoms with E-state index in [1.54, 1.807) is 0 Å². The number of rotatable bonds is 5. The van der Waals surface area contributed by atoms with Crippen molar-refractivity contribution in [2.45, 2.75) is 63.8 Å². The average molecular weight is 268 g/mol. The molecular formula is C15H28N2O2. The first-order chi connectivity index (χ1) is 9.23. The van der Waals surface area contributed by atoms with Gasteiger partial charge in [-0.2, -0.15) is 0 Å². The smallest absolute Gasteiger partial charge is 0.230 e. The molecule has 0 unspecified atom stereocenters. The van der Waals surface area contributed by atoms with E-state index in [1.807, 2.05) is 4.90 Å². The summed E-state index contributed by atoms with van der Waals surface area (Å²) in [6.45, 7) is 0.995. The van der Waals surface area contributed by atoms with Crippen LogP contribution >= 0.6 is 0 Å². The Bertz CT molecular complexity index is 295. The Hall–Kier alpha value is -0.610. The van der Waals surface area contributed by atoms with E-state index in [0.717, 1.165) is 38.5 Å². The molecule has 1 amide bonds. The van der Waals surface area contributed by atoms with Gasteiger partial charge in [-0.25, -0.2) is 0 Å². The van der Waals surface area contributed by atoms with Crippen LogP contribution in [0.1, 0.15) is 57.8 Å². The van der Waals surface area contributed by atoms with Crippen molar-refractivity contribution >= 4 is 5.91 Å². The van der Waals surface area contributed by atoms with E-state index in [2.05, 4.69) is 0 Å².